The Morgan fingerprint density at radius 3 is 2.56 bits per heavy atom. The summed E-state index contributed by atoms with van der Waals surface area (Å²) in [4.78, 5) is 4.30. The molecule has 0 amide bonds. The first-order valence-electron chi connectivity index (χ1n) is 2.91. The number of nitrogens with zero attached hydrogens (tertiary/aromatic N) is 1. The molecule has 1 heterocycles. The highest BCUT2D eigenvalue weighted by Crippen LogP contribution is 2.20. The number of hydrogen-bond acceptors (Lipinski definition) is 3. The number of rotatable bonds is 0. The zero-order valence-corrected chi connectivity index (χ0v) is 6.79. The van der Waals surface area contributed by atoms with Gasteiger partial charge in [-0.25, -0.2) is 4.99 Å². The van der Waals surface area contributed by atoms with E-state index in [1.807, 2.05) is 6.26 Å². The molecule has 0 unspecified atom stereocenters. The molecule has 1 rings (SSSR count). The van der Waals surface area contributed by atoms with Crippen molar-refractivity contribution >= 4 is 17.0 Å². The predicted octanol–water partition coefficient (Wildman–Crippen LogP) is 1.51. The van der Waals surface area contributed by atoms with Gasteiger partial charge < -0.3 is 4.74 Å². The second-order valence-electron chi connectivity index (χ2n) is 2.68. The van der Waals surface area contributed by atoms with Crippen LogP contribution in [0.5, 0.6) is 0 Å². The summed E-state index contributed by atoms with van der Waals surface area (Å²) in [5, 5.41) is 0.819. The third kappa shape index (κ3) is 1.61. The minimum atomic E-state index is 0.0122. The van der Waals surface area contributed by atoms with E-state index in [-0.39, 0.29) is 5.54 Å². The average molecular weight is 145 g/mol. The lowest BCUT2D eigenvalue weighted by molar-refractivity contribution is 0.284. The molecule has 0 aromatic carbocycles. The summed E-state index contributed by atoms with van der Waals surface area (Å²) >= 11 is 1.56. The van der Waals surface area contributed by atoms with E-state index >= 15 is 0 Å². The van der Waals surface area contributed by atoms with Crippen LogP contribution in [0.3, 0.4) is 0 Å². The van der Waals surface area contributed by atoms with Gasteiger partial charge in [0.05, 0.1) is 5.54 Å². The summed E-state index contributed by atoms with van der Waals surface area (Å²) in [6.45, 7) is 4.86. The van der Waals surface area contributed by atoms with Crippen molar-refractivity contribution in [2.24, 2.45) is 4.99 Å². The minimum absolute atomic E-state index is 0.0122. The Labute approximate surface area is 59.7 Å². The van der Waals surface area contributed by atoms with Gasteiger partial charge in [0.15, 0.2) is 0 Å². The maximum Gasteiger partial charge on any atom is 0.246 e. The molecule has 9 heavy (non-hydrogen) atoms. The molecule has 0 aliphatic carbocycles. The van der Waals surface area contributed by atoms with Gasteiger partial charge in [-0.2, -0.15) is 0 Å². The van der Waals surface area contributed by atoms with Crippen molar-refractivity contribution in [1.29, 1.82) is 0 Å². The largest absolute Gasteiger partial charge is 0.470 e. The second-order valence-corrected chi connectivity index (χ2v) is 3.44. The highest BCUT2D eigenvalue weighted by Gasteiger charge is 2.25. The average Bonchev–Trinajstić information content (AvgIpc) is 2.10. The van der Waals surface area contributed by atoms with Crippen molar-refractivity contribution in [3.05, 3.63) is 0 Å². The van der Waals surface area contributed by atoms with Gasteiger partial charge >= 0.3 is 0 Å². The Morgan fingerprint density at radius 2 is 2.33 bits per heavy atom. The zero-order valence-electron chi connectivity index (χ0n) is 5.97. The predicted molar refractivity (Wildman–Crippen MR) is 41.0 cm³/mol. The fourth-order valence-corrected chi connectivity index (χ4v) is 1.17. The van der Waals surface area contributed by atoms with Crippen LogP contribution in [0.15, 0.2) is 4.99 Å². The molecular weight excluding hydrogens is 134 g/mol. The summed E-state index contributed by atoms with van der Waals surface area (Å²) in [5.74, 6) is 0. The maximum atomic E-state index is 5.23. The standard InChI is InChI=1S/C6H11NOS/c1-6(2)4-8-5(7-6)9-3/h4H2,1-3H3. The van der Waals surface area contributed by atoms with Crippen molar-refractivity contribution < 1.29 is 4.74 Å². The number of thioether (sulfide) groups is 1. The quantitative estimate of drug-likeness (QED) is 0.515. The summed E-state index contributed by atoms with van der Waals surface area (Å²) in [5.41, 5.74) is 0.0122. The summed E-state index contributed by atoms with van der Waals surface area (Å²) in [7, 11) is 0. The number of aliphatic imine (C=N–C) groups is 1. The molecule has 1 aliphatic rings. The Bertz CT molecular complexity index is 142. The van der Waals surface area contributed by atoms with Crippen molar-refractivity contribution in [3.63, 3.8) is 0 Å². The van der Waals surface area contributed by atoms with Gasteiger partial charge in [-0.1, -0.05) is 11.8 Å². The van der Waals surface area contributed by atoms with E-state index in [4.69, 9.17) is 4.74 Å². The van der Waals surface area contributed by atoms with Crippen LogP contribution in [0.4, 0.5) is 0 Å². The molecule has 0 aromatic rings. The van der Waals surface area contributed by atoms with Crippen LogP contribution in [0.1, 0.15) is 13.8 Å². The molecule has 0 saturated carbocycles. The first kappa shape index (κ1) is 6.93. The molecule has 0 atom stereocenters. The van der Waals surface area contributed by atoms with Crippen LogP contribution in [-0.4, -0.2) is 23.6 Å². The maximum absolute atomic E-state index is 5.23. The summed E-state index contributed by atoms with van der Waals surface area (Å²) in [6.07, 6.45) is 1.97. The lowest BCUT2D eigenvalue weighted by Crippen LogP contribution is -2.17. The minimum Gasteiger partial charge on any atom is -0.470 e. The van der Waals surface area contributed by atoms with Gasteiger partial charge in [0, 0.05) is 0 Å². The van der Waals surface area contributed by atoms with Crippen molar-refractivity contribution in [2.45, 2.75) is 19.4 Å². The van der Waals surface area contributed by atoms with Gasteiger partial charge in [-0.3, -0.25) is 0 Å². The fourth-order valence-electron chi connectivity index (χ4n) is 0.655. The van der Waals surface area contributed by atoms with Gasteiger partial charge in [-0.05, 0) is 20.1 Å². The van der Waals surface area contributed by atoms with Gasteiger partial charge in [0.2, 0.25) is 5.23 Å². The molecule has 0 spiro atoms. The van der Waals surface area contributed by atoms with Gasteiger partial charge in [0.1, 0.15) is 6.61 Å². The van der Waals surface area contributed by atoms with E-state index in [1.165, 1.54) is 0 Å². The normalized spacial score (nSPS) is 23.2. The first-order chi connectivity index (χ1) is 4.14. The molecule has 3 heteroatoms. The highest BCUT2D eigenvalue weighted by atomic mass is 32.2. The van der Waals surface area contributed by atoms with E-state index in [0.29, 0.717) is 0 Å². The zero-order chi connectivity index (χ0) is 6.91. The van der Waals surface area contributed by atoms with Crippen molar-refractivity contribution in [3.8, 4) is 0 Å². The molecule has 0 bridgehead atoms. The Balaban J connectivity index is 2.61. The van der Waals surface area contributed by atoms with Crippen molar-refractivity contribution in [1.82, 2.24) is 0 Å². The molecule has 0 radical (unpaired) electrons. The second kappa shape index (κ2) is 2.21. The van der Waals surface area contributed by atoms with Gasteiger partial charge in [-0.15, -0.1) is 0 Å². The SMILES string of the molecule is CSC1=NC(C)(C)CO1. The van der Waals surface area contributed by atoms with Crippen LogP contribution in [0.25, 0.3) is 0 Å². The number of ether oxygens (including phenoxy) is 1. The van der Waals surface area contributed by atoms with Crippen LogP contribution in [0, 0.1) is 0 Å². The summed E-state index contributed by atoms with van der Waals surface area (Å²) in [6, 6.07) is 0. The van der Waals surface area contributed by atoms with E-state index < -0.39 is 0 Å². The van der Waals surface area contributed by atoms with E-state index in [9.17, 15) is 0 Å². The van der Waals surface area contributed by atoms with Crippen LogP contribution in [-0.2, 0) is 4.74 Å². The molecule has 0 fully saturated rings. The van der Waals surface area contributed by atoms with Crippen LogP contribution < -0.4 is 0 Å². The molecule has 0 N–H and O–H groups in total. The highest BCUT2D eigenvalue weighted by molar-refractivity contribution is 8.12. The Morgan fingerprint density at radius 1 is 1.67 bits per heavy atom. The Kier molecular flexibility index (Phi) is 1.70. The lowest BCUT2D eigenvalue weighted by Gasteiger charge is -2.07. The molecule has 0 aromatic heterocycles. The first-order valence-corrected chi connectivity index (χ1v) is 4.13. The summed E-state index contributed by atoms with van der Waals surface area (Å²) < 4.78 is 5.23. The van der Waals surface area contributed by atoms with Gasteiger partial charge in [0.25, 0.3) is 0 Å². The van der Waals surface area contributed by atoms with Crippen LogP contribution >= 0.6 is 11.8 Å². The van der Waals surface area contributed by atoms with E-state index in [2.05, 4.69) is 18.8 Å². The smallest absolute Gasteiger partial charge is 0.246 e. The molecule has 52 valence electrons. The van der Waals surface area contributed by atoms with E-state index in [0.717, 1.165) is 11.8 Å². The third-order valence-corrected chi connectivity index (χ3v) is 1.68. The molecule has 2 nitrogen and oxygen atoms in total. The fraction of sp³-hybridized carbons (Fsp3) is 0.833. The topological polar surface area (TPSA) is 21.6 Å². The number of hydrogen-bond donors (Lipinski definition) is 0. The monoisotopic (exact) mass is 145 g/mol. The molecular formula is C6H11NOS. The molecule has 0 saturated heterocycles. The third-order valence-electron chi connectivity index (χ3n) is 1.12. The molecule has 1 aliphatic heterocycles. The lowest BCUT2D eigenvalue weighted by atomic mass is 10.1. The Hall–Kier alpha value is -0.180. The van der Waals surface area contributed by atoms with Crippen LogP contribution in [0.2, 0.25) is 0 Å². The van der Waals surface area contributed by atoms with E-state index in [1.54, 1.807) is 11.8 Å². The van der Waals surface area contributed by atoms with Crippen molar-refractivity contribution in [2.75, 3.05) is 12.9 Å².